The highest BCUT2D eigenvalue weighted by molar-refractivity contribution is 6.31. The summed E-state index contributed by atoms with van der Waals surface area (Å²) in [5.74, 6) is 0. The van der Waals surface area contributed by atoms with E-state index in [0.29, 0.717) is 0 Å². The second-order valence-corrected chi connectivity index (χ2v) is 3.39. The highest BCUT2D eigenvalue weighted by atomic mass is 35.5. The molecule has 1 atom stereocenters. The van der Waals surface area contributed by atoms with Crippen molar-refractivity contribution in [1.82, 2.24) is 0 Å². The Hall–Kier alpha value is -0.530. The Morgan fingerprint density at radius 1 is 1.42 bits per heavy atom. The molecule has 1 aromatic carbocycles. The van der Waals surface area contributed by atoms with Crippen LogP contribution in [0.5, 0.6) is 0 Å². The maximum absolute atomic E-state index is 9.06. The lowest BCUT2D eigenvalue weighted by Gasteiger charge is -2.05. The summed E-state index contributed by atoms with van der Waals surface area (Å²) >= 11 is 5.93. The standard InChI is InChI=1S/C10H13ClO/c1-8(12)6-7-9-4-2-3-5-10(9)11/h2-5,8,12H,6-7H2,1H3/t8-/m1/s1. The molecule has 1 rings (SSSR count). The molecule has 0 aliphatic rings. The molecular weight excluding hydrogens is 172 g/mol. The number of aryl methyl sites for hydroxylation is 1. The molecule has 0 aliphatic heterocycles. The second-order valence-electron chi connectivity index (χ2n) is 2.98. The van der Waals surface area contributed by atoms with Gasteiger partial charge in [-0.3, -0.25) is 0 Å². The fourth-order valence-corrected chi connectivity index (χ4v) is 1.30. The van der Waals surface area contributed by atoms with Crippen LogP contribution in [-0.2, 0) is 6.42 Å². The van der Waals surface area contributed by atoms with Crippen molar-refractivity contribution in [2.24, 2.45) is 0 Å². The summed E-state index contributed by atoms with van der Waals surface area (Å²) in [6.07, 6.45) is 1.36. The molecule has 66 valence electrons. The number of hydrogen-bond donors (Lipinski definition) is 1. The molecule has 0 radical (unpaired) electrons. The minimum absolute atomic E-state index is 0.249. The van der Waals surface area contributed by atoms with Crippen molar-refractivity contribution in [1.29, 1.82) is 0 Å². The summed E-state index contributed by atoms with van der Waals surface area (Å²) in [4.78, 5) is 0. The lowest BCUT2D eigenvalue weighted by molar-refractivity contribution is 0.185. The van der Waals surface area contributed by atoms with Gasteiger partial charge in [0.1, 0.15) is 0 Å². The first-order valence-electron chi connectivity index (χ1n) is 4.11. The zero-order chi connectivity index (χ0) is 8.97. The summed E-state index contributed by atoms with van der Waals surface area (Å²) in [6, 6.07) is 7.74. The quantitative estimate of drug-likeness (QED) is 0.766. The third kappa shape index (κ3) is 2.84. The molecule has 0 heterocycles. The van der Waals surface area contributed by atoms with Gasteiger partial charge in [-0.05, 0) is 31.4 Å². The van der Waals surface area contributed by atoms with Crippen LogP contribution in [0.25, 0.3) is 0 Å². The number of hydrogen-bond acceptors (Lipinski definition) is 1. The lowest BCUT2D eigenvalue weighted by atomic mass is 10.1. The van der Waals surface area contributed by atoms with Crippen molar-refractivity contribution in [3.05, 3.63) is 34.9 Å². The maximum Gasteiger partial charge on any atom is 0.0515 e. The van der Waals surface area contributed by atoms with E-state index in [9.17, 15) is 0 Å². The molecule has 2 heteroatoms. The summed E-state index contributed by atoms with van der Waals surface area (Å²) < 4.78 is 0. The first kappa shape index (κ1) is 9.56. The molecule has 0 unspecified atom stereocenters. The van der Waals surface area contributed by atoms with Gasteiger partial charge in [0.05, 0.1) is 6.10 Å². The van der Waals surface area contributed by atoms with Gasteiger partial charge in [0.25, 0.3) is 0 Å². The van der Waals surface area contributed by atoms with Crippen molar-refractivity contribution in [2.75, 3.05) is 0 Å². The van der Waals surface area contributed by atoms with Crippen molar-refractivity contribution in [3.63, 3.8) is 0 Å². The zero-order valence-electron chi connectivity index (χ0n) is 7.13. The van der Waals surface area contributed by atoms with Gasteiger partial charge in [-0.15, -0.1) is 0 Å². The summed E-state index contributed by atoms with van der Waals surface area (Å²) in [5, 5.41) is 9.85. The molecule has 0 fully saturated rings. The second kappa shape index (κ2) is 4.48. The molecule has 0 aliphatic carbocycles. The first-order valence-corrected chi connectivity index (χ1v) is 4.49. The van der Waals surface area contributed by atoms with E-state index in [2.05, 4.69) is 0 Å². The van der Waals surface area contributed by atoms with Crippen LogP contribution in [-0.4, -0.2) is 11.2 Å². The average Bonchev–Trinajstić information content (AvgIpc) is 2.03. The molecular formula is C10H13ClO. The van der Waals surface area contributed by atoms with E-state index < -0.39 is 0 Å². The van der Waals surface area contributed by atoms with Gasteiger partial charge < -0.3 is 5.11 Å². The monoisotopic (exact) mass is 184 g/mol. The molecule has 0 amide bonds. The van der Waals surface area contributed by atoms with Crippen LogP contribution in [0.4, 0.5) is 0 Å². The van der Waals surface area contributed by atoms with Crippen LogP contribution in [0.2, 0.25) is 5.02 Å². The zero-order valence-corrected chi connectivity index (χ0v) is 7.88. The fraction of sp³-hybridized carbons (Fsp3) is 0.400. The Bertz CT molecular complexity index is 245. The number of benzene rings is 1. The Labute approximate surface area is 78.0 Å². The van der Waals surface area contributed by atoms with E-state index in [1.165, 1.54) is 0 Å². The summed E-state index contributed by atoms with van der Waals surface area (Å²) in [5.41, 5.74) is 1.11. The first-order chi connectivity index (χ1) is 5.70. The summed E-state index contributed by atoms with van der Waals surface area (Å²) in [7, 11) is 0. The van der Waals surface area contributed by atoms with Crippen LogP contribution >= 0.6 is 11.6 Å². The molecule has 1 N–H and O–H groups in total. The Balaban J connectivity index is 2.57. The number of aliphatic hydroxyl groups excluding tert-OH is 1. The molecule has 1 nitrogen and oxygen atoms in total. The van der Waals surface area contributed by atoms with Crippen LogP contribution in [0.1, 0.15) is 18.9 Å². The van der Waals surface area contributed by atoms with Gasteiger partial charge in [0, 0.05) is 5.02 Å². The van der Waals surface area contributed by atoms with Crippen LogP contribution < -0.4 is 0 Å². The molecule has 0 saturated heterocycles. The maximum atomic E-state index is 9.06. The molecule has 0 aromatic heterocycles. The van der Waals surface area contributed by atoms with Gasteiger partial charge in [0.2, 0.25) is 0 Å². The fourth-order valence-electron chi connectivity index (χ4n) is 1.07. The molecule has 0 saturated carbocycles. The van der Waals surface area contributed by atoms with E-state index >= 15 is 0 Å². The smallest absolute Gasteiger partial charge is 0.0515 e. The SMILES string of the molecule is C[C@@H](O)CCc1ccccc1Cl. The summed E-state index contributed by atoms with van der Waals surface area (Å²) in [6.45, 7) is 1.79. The van der Waals surface area contributed by atoms with Crippen LogP contribution in [0.15, 0.2) is 24.3 Å². The van der Waals surface area contributed by atoms with Crippen molar-refractivity contribution in [2.45, 2.75) is 25.9 Å². The van der Waals surface area contributed by atoms with E-state index in [-0.39, 0.29) is 6.10 Å². The predicted octanol–water partition coefficient (Wildman–Crippen LogP) is 2.65. The van der Waals surface area contributed by atoms with Gasteiger partial charge >= 0.3 is 0 Å². The number of halogens is 1. The molecule has 12 heavy (non-hydrogen) atoms. The molecule has 0 spiro atoms. The normalized spacial score (nSPS) is 12.9. The van der Waals surface area contributed by atoms with Crippen LogP contribution in [0, 0.1) is 0 Å². The van der Waals surface area contributed by atoms with E-state index in [1.807, 2.05) is 24.3 Å². The van der Waals surface area contributed by atoms with Gasteiger partial charge in [0.15, 0.2) is 0 Å². The van der Waals surface area contributed by atoms with Crippen molar-refractivity contribution < 1.29 is 5.11 Å². The van der Waals surface area contributed by atoms with Crippen molar-refractivity contribution >= 4 is 11.6 Å². The third-order valence-electron chi connectivity index (χ3n) is 1.79. The van der Waals surface area contributed by atoms with E-state index in [0.717, 1.165) is 23.4 Å². The van der Waals surface area contributed by atoms with Gasteiger partial charge in [-0.1, -0.05) is 29.8 Å². The van der Waals surface area contributed by atoms with Gasteiger partial charge in [-0.25, -0.2) is 0 Å². The van der Waals surface area contributed by atoms with E-state index in [1.54, 1.807) is 6.92 Å². The Morgan fingerprint density at radius 2 is 2.08 bits per heavy atom. The number of rotatable bonds is 3. The molecule has 1 aromatic rings. The number of aliphatic hydroxyl groups is 1. The minimum atomic E-state index is -0.249. The minimum Gasteiger partial charge on any atom is -0.393 e. The Morgan fingerprint density at radius 3 is 2.67 bits per heavy atom. The Kier molecular flexibility index (Phi) is 3.57. The van der Waals surface area contributed by atoms with E-state index in [4.69, 9.17) is 16.7 Å². The van der Waals surface area contributed by atoms with Crippen molar-refractivity contribution in [3.8, 4) is 0 Å². The largest absolute Gasteiger partial charge is 0.393 e. The average molecular weight is 185 g/mol. The third-order valence-corrected chi connectivity index (χ3v) is 2.16. The lowest BCUT2D eigenvalue weighted by Crippen LogP contribution is -2.01. The highest BCUT2D eigenvalue weighted by Crippen LogP contribution is 2.16. The predicted molar refractivity (Wildman–Crippen MR) is 51.5 cm³/mol. The topological polar surface area (TPSA) is 20.2 Å². The highest BCUT2D eigenvalue weighted by Gasteiger charge is 2.00. The molecule has 0 bridgehead atoms. The van der Waals surface area contributed by atoms with Gasteiger partial charge in [-0.2, -0.15) is 0 Å². The van der Waals surface area contributed by atoms with Crippen LogP contribution in [0.3, 0.4) is 0 Å².